The van der Waals surface area contributed by atoms with Gasteiger partial charge in [-0.3, -0.25) is 15.0 Å². The number of allylic oxidation sites excluding steroid dienone is 6. The minimum Gasteiger partial charge on any atom is -0.311 e. The first-order valence-electron chi connectivity index (χ1n) is 13.6. The number of fused-ring (bicyclic) bond motifs is 1. The topological polar surface area (TPSA) is 50.8 Å². The molecule has 1 N–H and O–H groups in total. The molecule has 0 aliphatic heterocycles. The number of anilines is 2. The molecule has 2 unspecified atom stereocenters. The Balaban J connectivity index is 1.50. The van der Waals surface area contributed by atoms with Gasteiger partial charge < -0.3 is 4.90 Å². The van der Waals surface area contributed by atoms with Crippen LogP contribution in [0.5, 0.6) is 0 Å². The lowest BCUT2D eigenvalue weighted by Crippen LogP contribution is -3.01. The van der Waals surface area contributed by atoms with Gasteiger partial charge >= 0.3 is 0 Å². The first-order valence-corrected chi connectivity index (χ1v) is 13.6. The third-order valence-corrected chi connectivity index (χ3v) is 7.47. The normalized spacial score (nSPS) is 16.1. The molecule has 4 aromatic rings. The average Bonchev–Trinajstić information content (AvgIpc) is 3.02. The van der Waals surface area contributed by atoms with Gasteiger partial charge in [-0.1, -0.05) is 72.8 Å². The molecule has 1 aliphatic carbocycles. The molecule has 5 heteroatoms. The van der Waals surface area contributed by atoms with Crippen LogP contribution in [0.2, 0.25) is 0 Å². The van der Waals surface area contributed by atoms with Crippen LogP contribution in [0.3, 0.4) is 0 Å². The molecular formula is C36H32N3O2+. The standard InChI is InChI=1S/C36H31N3O2/c1-4-31(26-32(5-2)39(40)41)37(3)33-21-23-35(24-22-33)38(36-20-17-28-13-9-10-14-30(28)25-36)34-18-15-29(16-19-34)27-11-7-6-8-12-27/h1,5-15,17-26,29H,16H2,2-3H3/p+1/b31-26+,32-5+. The molecule has 1 aliphatic rings. The molecule has 41 heavy (non-hydrogen) atoms. The molecule has 0 saturated heterocycles. The highest BCUT2D eigenvalue weighted by atomic mass is 16.6. The van der Waals surface area contributed by atoms with Gasteiger partial charge in [-0.15, -0.1) is 6.42 Å². The number of quaternary nitrogens is 1. The van der Waals surface area contributed by atoms with Crippen molar-refractivity contribution in [3.63, 3.8) is 0 Å². The molecule has 2 atom stereocenters. The van der Waals surface area contributed by atoms with Gasteiger partial charge in [-0.2, -0.15) is 0 Å². The molecule has 0 fully saturated rings. The van der Waals surface area contributed by atoms with Crippen molar-refractivity contribution in [1.29, 1.82) is 0 Å². The van der Waals surface area contributed by atoms with Gasteiger partial charge in [0.15, 0.2) is 5.70 Å². The maximum absolute atomic E-state index is 11.3. The van der Waals surface area contributed by atoms with Crippen LogP contribution in [0, 0.1) is 22.5 Å². The Morgan fingerprint density at radius 1 is 0.976 bits per heavy atom. The van der Waals surface area contributed by atoms with E-state index in [9.17, 15) is 10.1 Å². The average molecular weight is 539 g/mol. The highest BCUT2D eigenvalue weighted by Crippen LogP contribution is 2.36. The van der Waals surface area contributed by atoms with Gasteiger partial charge in [0.1, 0.15) is 5.69 Å². The van der Waals surface area contributed by atoms with E-state index in [1.54, 1.807) is 6.92 Å². The quantitative estimate of drug-likeness (QED) is 0.110. The first-order chi connectivity index (χ1) is 20.0. The third kappa shape index (κ3) is 6.04. The van der Waals surface area contributed by atoms with Crippen LogP contribution in [0.1, 0.15) is 24.8 Å². The van der Waals surface area contributed by atoms with Gasteiger partial charge in [0, 0.05) is 35.1 Å². The van der Waals surface area contributed by atoms with E-state index >= 15 is 0 Å². The molecular weight excluding hydrogens is 506 g/mol. The van der Waals surface area contributed by atoms with Gasteiger partial charge in [-0.25, -0.2) is 0 Å². The Bertz CT molecular complexity index is 1720. The van der Waals surface area contributed by atoms with Gasteiger partial charge in [0.05, 0.1) is 18.0 Å². The van der Waals surface area contributed by atoms with Gasteiger partial charge in [0.25, 0.3) is 5.70 Å². The lowest BCUT2D eigenvalue weighted by molar-refractivity contribution is -0.761. The summed E-state index contributed by atoms with van der Waals surface area (Å²) in [7, 11) is 1.89. The molecule has 5 nitrogen and oxygen atoms in total. The van der Waals surface area contributed by atoms with Crippen LogP contribution in [-0.4, -0.2) is 12.0 Å². The Labute approximate surface area is 241 Å². The number of benzene rings is 4. The first kappa shape index (κ1) is 27.4. The molecule has 0 heterocycles. The molecule has 0 radical (unpaired) electrons. The molecule has 0 spiro atoms. The summed E-state index contributed by atoms with van der Waals surface area (Å²) in [4.78, 5) is 14.0. The Kier molecular flexibility index (Phi) is 8.24. The Hall–Kier alpha value is -5.18. The molecule has 0 aromatic heterocycles. The predicted octanol–water partition coefficient (Wildman–Crippen LogP) is 7.45. The third-order valence-electron chi connectivity index (χ3n) is 7.47. The summed E-state index contributed by atoms with van der Waals surface area (Å²) in [6.07, 6.45) is 16.3. The monoisotopic (exact) mass is 538 g/mol. The number of terminal acetylenes is 1. The van der Waals surface area contributed by atoms with Crippen LogP contribution in [0.15, 0.2) is 145 Å². The van der Waals surface area contributed by atoms with Crippen molar-refractivity contribution in [3.8, 4) is 12.3 Å². The van der Waals surface area contributed by atoms with E-state index in [0.717, 1.165) is 34.1 Å². The van der Waals surface area contributed by atoms with Crippen molar-refractivity contribution in [1.82, 2.24) is 0 Å². The molecule has 0 saturated carbocycles. The molecule has 4 aromatic carbocycles. The minimum atomic E-state index is -0.428. The fourth-order valence-electron chi connectivity index (χ4n) is 5.15. The highest BCUT2D eigenvalue weighted by Gasteiger charge is 2.20. The van der Waals surface area contributed by atoms with E-state index in [4.69, 9.17) is 6.42 Å². The van der Waals surface area contributed by atoms with E-state index in [1.807, 2.05) is 25.2 Å². The van der Waals surface area contributed by atoms with E-state index < -0.39 is 4.92 Å². The second-order valence-electron chi connectivity index (χ2n) is 9.95. The van der Waals surface area contributed by atoms with Crippen LogP contribution in [0.25, 0.3) is 10.8 Å². The summed E-state index contributed by atoms with van der Waals surface area (Å²) in [6.45, 7) is 1.63. The summed E-state index contributed by atoms with van der Waals surface area (Å²) in [5, 5.41) is 13.7. The number of nitro groups is 1. The van der Waals surface area contributed by atoms with Crippen molar-refractivity contribution in [2.24, 2.45) is 0 Å². The fraction of sp³-hybridized carbons (Fsp3) is 0.111. The molecule has 0 bridgehead atoms. The zero-order valence-electron chi connectivity index (χ0n) is 23.2. The lowest BCUT2D eigenvalue weighted by atomic mass is 9.91. The summed E-state index contributed by atoms with van der Waals surface area (Å²) in [5.41, 5.74) is 5.86. The number of hydrogen-bond donors (Lipinski definition) is 1. The van der Waals surface area contributed by atoms with E-state index in [1.165, 1.54) is 28.5 Å². The van der Waals surface area contributed by atoms with Gasteiger partial charge in [0.2, 0.25) is 0 Å². The van der Waals surface area contributed by atoms with Crippen molar-refractivity contribution in [3.05, 3.63) is 160 Å². The summed E-state index contributed by atoms with van der Waals surface area (Å²) < 4.78 is 0. The van der Waals surface area contributed by atoms with Gasteiger partial charge in [-0.05, 0) is 72.0 Å². The van der Waals surface area contributed by atoms with Crippen LogP contribution in [-0.2, 0) is 0 Å². The summed E-state index contributed by atoms with van der Waals surface area (Å²) >= 11 is 0. The van der Waals surface area contributed by atoms with E-state index in [0.29, 0.717) is 11.6 Å². The number of nitrogens with one attached hydrogen (secondary N) is 1. The molecule has 5 rings (SSSR count). The molecule has 0 amide bonds. The van der Waals surface area contributed by atoms with Crippen molar-refractivity contribution >= 4 is 27.8 Å². The fourth-order valence-corrected chi connectivity index (χ4v) is 5.15. The van der Waals surface area contributed by atoms with E-state index in [2.05, 4.69) is 108 Å². The second kappa shape index (κ2) is 12.3. The maximum Gasteiger partial charge on any atom is 0.271 e. The minimum absolute atomic E-state index is 0.0266. The maximum atomic E-state index is 11.3. The molecule has 202 valence electrons. The number of nitrogens with zero attached hydrogens (tertiary/aromatic N) is 2. The van der Waals surface area contributed by atoms with Crippen LogP contribution < -0.4 is 9.80 Å². The van der Waals surface area contributed by atoms with Crippen LogP contribution >= 0.6 is 0 Å². The highest BCUT2D eigenvalue weighted by molar-refractivity contribution is 5.88. The summed E-state index contributed by atoms with van der Waals surface area (Å²) in [6, 6.07) is 33.6. The Morgan fingerprint density at radius 2 is 1.66 bits per heavy atom. The SMILES string of the molecule is C#C/C(=C\C(=C/C)[N+](=O)[O-])[NH+](C)c1ccc(N(C2=CCC(c3ccccc3)C=C2)c2ccc3ccccc3c2)cc1. The number of rotatable bonds is 8. The zero-order valence-corrected chi connectivity index (χ0v) is 23.2. The second-order valence-corrected chi connectivity index (χ2v) is 9.95. The lowest BCUT2D eigenvalue weighted by Gasteiger charge is -2.29. The zero-order chi connectivity index (χ0) is 28.8. The predicted molar refractivity (Wildman–Crippen MR) is 168 cm³/mol. The summed E-state index contributed by atoms with van der Waals surface area (Å²) in [5.74, 6) is 2.96. The van der Waals surface area contributed by atoms with Crippen molar-refractivity contribution < 1.29 is 9.82 Å². The number of hydrogen-bond acceptors (Lipinski definition) is 3. The van der Waals surface area contributed by atoms with Crippen LogP contribution in [0.4, 0.5) is 17.1 Å². The van der Waals surface area contributed by atoms with Crippen molar-refractivity contribution in [2.75, 3.05) is 11.9 Å². The Morgan fingerprint density at radius 3 is 2.29 bits per heavy atom. The van der Waals surface area contributed by atoms with E-state index in [-0.39, 0.29) is 5.70 Å². The smallest absolute Gasteiger partial charge is 0.271 e. The largest absolute Gasteiger partial charge is 0.311 e. The van der Waals surface area contributed by atoms with Crippen molar-refractivity contribution in [2.45, 2.75) is 19.3 Å².